The van der Waals surface area contributed by atoms with Crippen LogP contribution in [0.5, 0.6) is 5.75 Å². The number of nitrogens with one attached hydrogen (secondary N) is 3. The van der Waals surface area contributed by atoms with Crippen molar-refractivity contribution in [2.24, 2.45) is 0 Å². The van der Waals surface area contributed by atoms with Crippen LogP contribution in [0.1, 0.15) is 41.8 Å². The van der Waals surface area contributed by atoms with Crippen LogP contribution in [0.25, 0.3) is 11.4 Å². The molecule has 0 fully saturated rings. The Bertz CT molecular complexity index is 900. The number of carbonyl (C=O) groups excluding carboxylic acids is 1. The fourth-order valence-corrected chi connectivity index (χ4v) is 3.18. The van der Waals surface area contributed by atoms with Gasteiger partial charge in [0.05, 0.1) is 23.8 Å². The topological polar surface area (TPSA) is 109 Å². The lowest BCUT2D eigenvalue weighted by Crippen LogP contribution is -2.24. The Morgan fingerprint density at radius 3 is 2.58 bits per heavy atom. The minimum absolute atomic E-state index is 0.221. The fourth-order valence-electron chi connectivity index (χ4n) is 2.37. The largest absolute Gasteiger partial charge is 0.497 e. The van der Waals surface area contributed by atoms with Gasteiger partial charge in [0.2, 0.25) is 0 Å². The lowest BCUT2D eigenvalue weighted by Gasteiger charge is -2.02. The molecule has 1 aromatic carbocycles. The van der Waals surface area contributed by atoms with Gasteiger partial charge in [-0.2, -0.15) is 10.2 Å². The first kappa shape index (κ1) is 18.1. The molecule has 2 aromatic heterocycles. The number of ether oxygens (including phenoxy) is 1. The Balaban J connectivity index is 1.65. The van der Waals surface area contributed by atoms with Crippen molar-refractivity contribution in [1.82, 2.24) is 30.7 Å². The molecule has 136 valence electrons. The quantitative estimate of drug-likeness (QED) is 0.569. The van der Waals surface area contributed by atoms with E-state index in [2.05, 4.69) is 46.6 Å². The molecule has 0 bridgehead atoms. The molecule has 3 N–H and O–H groups in total. The number of aromatic amines is 2. The zero-order valence-corrected chi connectivity index (χ0v) is 16.2. The molecule has 8 nitrogen and oxygen atoms in total. The van der Waals surface area contributed by atoms with E-state index in [-0.39, 0.29) is 18.4 Å². The van der Waals surface area contributed by atoms with E-state index in [1.54, 1.807) is 7.11 Å². The minimum atomic E-state index is -0.289. The van der Waals surface area contributed by atoms with Crippen LogP contribution in [0, 0.1) is 0 Å². The van der Waals surface area contributed by atoms with Crippen LogP contribution in [0.4, 0.5) is 0 Å². The van der Waals surface area contributed by atoms with Gasteiger partial charge < -0.3 is 10.1 Å². The Morgan fingerprint density at radius 2 is 1.96 bits per heavy atom. The van der Waals surface area contributed by atoms with Gasteiger partial charge in [0, 0.05) is 5.56 Å². The van der Waals surface area contributed by atoms with E-state index in [9.17, 15) is 4.79 Å². The van der Waals surface area contributed by atoms with Crippen LogP contribution in [0.3, 0.4) is 0 Å². The standard InChI is InChI=1S/C17H19BrN6O2/c1-9(2)14-13(18)15(23-22-14)17(25)19-8-12-20-16(24-21-12)10-4-6-11(26-3)7-5-10/h4-7,9H,8H2,1-3H3,(H,19,25)(H,22,23)(H,20,21,24). The van der Waals surface area contributed by atoms with Crippen molar-refractivity contribution >= 4 is 21.8 Å². The van der Waals surface area contributed by atoms with Crippen LogP contribution < -0.4 is 10.1 Å². The Labute approximate surface area is 158 Å². The predicted molar refractivity (Wildman–Crippen MR) is 99.9 cm³/mol. The van der Waals surface area contributed by atoms with Crippen molar-refractivity contribution in [3.8, 4) is 17.1 Å². The lowest BCUT2D eigenvalue weighted by molar-refractivity contribution is 0.0944. The highest BCUT2D eigenvalue weighted by atomic mass is 79.9. The number of rotatable bonds is 6. The van der Waals surface area contributed by atoms with Gasteiger partial charge in [-0.05, 0) is 46.1 Å². The molecular weight excluding hydrogens is 400 g/mol. The summed E-state index contributed by atoms with van der Waals surface area (Å²) in [4.78, 5) is 16.7. The Morgan fingerprint density at radius 1 is 1.23 bits per heavy atom. The molecule has 0 unspecified atom stereocenters. The number of benzene rings is 1. The van der Waals surface area contributed by atoms with E-state index in [1.807, 2.05) is 38.1 Å². The number of amides is 1. The summed E-state index contributed by atoms with van der Waals surface area (Å²) in [6, 6.07) is 7.43. The molecule has 0 saturated carbocycles. The number of carbonyl (C=O) groups is 1. The van der Waals surface area contributed by atoms with Crippen LogP contribution in [0.2, 0.25) is 0 Å². The van der Waals surface area contributed by atoms with Gasteiger partial charge in [0.25, 0.3) is 5.91 Å². The number of nitrogens with zero attached hydrogens (tertiary/aromatic N) is 3. The van der Waals surface area contributed by atoms with Gasteiger partial charge >= 0.3 is 0 Å². The molecule has 0 radical (unpaired) electrons. The average molecular weight is 419 g/mol. The second-order valence-corrected chi connectivity index (χ2v) is 6.76. The SMILES string of the molecule is COc1ccc(-c2n[nH]c(CNC(=O)c3n[nH]c(C(C)C)c3Br)n2)cc1. The molecule has 26 heavy (non-hydrogen) atoms. The summed E-state index contributed by atoms with van der Waals surface area (Å²) in [6.07, 6.45) is 0. The maximum Gasteiger partial charge on any atom is 0.273 e. The molecule has 0 aliphatic carbocycles. The van der Waals surface area contributed by atoms with Gasteiger partial charge in [-0.1, -0.05) is 13.8 Å². The summed E-state index contributed by atoms with van der Waals surface area (Å²) in [5.41, 5.74) is 2.07. The number of aromatic nitrogens is 5. The molecule has 0 atom stereocenters. The summed E-state index contributed by atoms with van der Waals surface area (Å²) >= 11 is 3.42. The molecule has 0 saturated heterocycles. The maximum absolute atomic E-state index is 12.3. The maximum atomic E-state index is 12.3. The van der Waals surface area contributed by atoms with Gasteiger partial charge in [0.1, 0.15) is 11.6 Å². The minimum Gasteiger partial charge on any atom is -0.497 e. The van der Waals surface area contributed by atoms with E-state index < -0.39 is 0 Å². The van der Waals surface area contributed by atoms with Crippen LogP contribution in [-0.2, 0) is 6.54 Å². The van der Waals surface area contributed by atoms with Crippen molar-refractivity contribution in [2.45, 2.75) is 26.3 Å². The molecule has 1 amide bonds. The second kappa shape index (κ2) is 7.69. The fraction of sp³-hybridized carbons (Fsp3) is 0.294. The number of H-pyrrole nitrogens is 2. The summed E-state index contributed by atoms with van der Waals surface area (Å²) in [5, 5.41) is 16.8. The van der Waals surface area contributed by atoms with Gasteiger partial charge in [-0.3, -0.25) is 15.0 Å². The molecule has 9 heteroatoms. The number of halogens is 1. The van der Waals surface area contributed by atoms with Crippen LogP contribution in [0.15, 0.2) is 28.7 Å². The number of hydrogen-bond acceptors (Lipinski definition) is 5. The zero-order valence-electron chi connectivity index (χ0n) is 14.6. The lowest BCUT2D eigenvalue weighted by atomic mass is 10.1. The first-order chi connectivity index (χ1) is 12.5. The Kier molecular flexibility index (Phi) is 5.36. The molecule has 3 aromatic rings. The number of methoxy groups -OCH3 is 1. The summed E-state index contributed by atoms with van der Waals surface area (Å²) in [6.45, 7) is 4.27. The van der Waals surface area contributed by atoms with Crippen molar-refractivity contribution in [2.75, 3.05) is 7.11 Å². The second-order valence-electron chi connectivity index (χ2n) is 5.97. The third-order valence-corrected chi connectivity index (χ3v) is 4.62. The van der Waals surface area contributed by atoms with Crippen molar-refractivity contribution in [1.29, 1.82) is 0 Å². The smallest absolute Gasteiger partial charge is 0.273 e. The first-order valence-corrected chi connectivity index (χ1v) is 8.86. The molecule has 0 aliphatic heterocycles. The molecule has 3 rings (SSSR count). The molecular formula is C17H19BrN6O2. The monoisotopic (exact) mass is 418 g/mol. The summed E-state index contributed by atoms with van der Waals surface area (Å²) < 4.78 is 5.82. The van der Waals surface area contributed by atoms with Crippen LogP contribution in [-0.4, -0.2) is 38.4 Å². The number of hydrogen-bond donors (Lipinski definition) is 3. The third kappa shape index (κ3) is 3.77. The predicted octanol–water partition coefficient (Wildman–Crippen LogP) is 3.02. The van der Waals surface area contributed by atoms with Gasteiger partial charge in [0.15, 0.2) is 11.5 Å². The molecule has 2 heterocycles. The molecule has 0 spiro atoms. The summed E-state index contributed by atoms with van der Waals surface area (Å²) in [7, 11) is 1.62. The van der Waals surface area contributed by atoms with E-state index in [1.165, 1.54) is 0 Å². The highest BCUT2D eigenvalue weighted by molar-refractivity contribution is 9.10. The first-order valence-electron chi connectivity index (χ1n) is 8.07. The van der Waals surface area contributed by atoms with E-state index in [4.69, 9.17) is 4.74 Å². The van der Waals surface area contributed by atoms with Gasteiger partial charge in [-0.25, -0.2) is 4.98 Å². The average Bonchev–Trinajstić information content (AvgIpc) is 3.26. The van der Waals surface area contributed by atoms with E-state index >= 15 is 0 Å². The Hall–Kier alpha value is -2.68. The van der Waals surface area contributed by atoms with Crippen LogP contribution >= 0.6 is 15.9 Å². The van der Waals surface area contributed by atoms with Crippen molar-refractivity contribution in [3.05, 3.63) is 46.0 Å². The van der Waals surface area contributed by atoms with Crippen molar-refractivity contribution < 1.29 is 9.53 Å². The zero-order chi connectivity index (χ0) is 18.7. The highest BCUT2D eigenvalue weighted by Crippen LogP contribution is 2.25. The normalized spacial score (nSPS) is 11.0. The third-order valence-electron chi connectivity index (χ3n) is 3.82. The van der Waals surface area contributed by atoms with E-state index in [0.717, 1.165) is 17.0 Å². The summed E-state index contributed by atoms with van der Waals surface area (Å²) in [5.74, 6) is 1.82. The van der Waals surface area contributed by atoms with Crippen molar-refractivity contribution in [3.63, 3.8) is 0 Å². The van der Waals surface area contributed by atoms with E-state index in [0.29, 0.717) is 21.8 Å². The van der Waals surface area contributed by atoms with Gasteiger partial charge in [-0.15, -0.1) is 0 Å². The molecule has 0 aliphatic rings. The highest BCUT2D eigenvalue weighted by Gasteiger charge is 2.19.